The first-order chi connectivity index (χ1) is 13.7. The van der Waals surface area contributed by atoms with Crippen molar-refractivity contribution in [3.63, 3.8) is 0 Å². The molecule has 0 unspecified atom stereocenters. The third-order valence-corrected chi connectivity index (χ3v) is 4.90. The lowest BCUT2D eigenvalue weighted by molar-refractivity contribution is -0.120. The largest absolute Gasteiger partial charge is 0.277 e. The number of fused-ring (bicyclic) bond motifs is 1. The van der Waals surface area contributed by atoms with E-state index in [1.54, 1.807) is 12.4 Å². The lowest BCUT2D eigenvalue weighted by Gasteiger charge is -2.05. The van der Waals surface area contributed by atoms with Crippen molar-refractivity contribution >= 4 is 38.8 Å². The van der Waals surface area contributed by atoms with Gasteiger partial charge in [-0.15, -0.1) is 0 Å². The molecule has 2 N–H and O–H groups in total. The molecule has 5 nitrogen and oxygen atoms in total. The standard InChI is InChI=1S/C22H17BrN4O/c23-19-9-4-8-17(11-19)22-18(14-25-27-22)13-24-26-21(28)12-16-7-3-6-15-5-1-2-10-20(15)16/h1-11,13-14H,12H2,(H,25,27)(H,26,28)/b24-13+. The molecule has 0 fully saturated rings. The van der Waals surface area contributed by atoms with Gasteiger partial charge in [-0.05, 0) is 28.5 Å². The number of hydrogen-bond donors (Lipinski definition) is 2. The average molecular weight is 433 g/mol. The van der Waals surface area contributed by atoms with E-state index in [0.29, 0.717) is 0 Å². The average Bonchev–Trinajstić information content (AvgIpc) is 3.17. The lowest BCUT2D eigenvalue weighted by atomic mass is 10.0. The van der Waals surface area contributed by atoms with Gasteiger partial charge in [-0.2, -0.15) is 10.2 Å². The highest BCUT2D eigenvalue weighted by atomic mass is 79.9. The van der Waals surface area contributed by atoms with E-state index in [1.807, 2.05) is 66.7 Å². The number of carbonyl (C=O) groups is 1. The van der Waals surface area contributed by atoms with Crippen molar-refractivity contribution in [2.24, 2.45) is 5.10 Å². The number of halogens is 1. The quantitative estimate of drug-likeness (QED) is 0.354. The Kier molecular flexibility index (Phi) is 5.30. The van der Waals surface area contributed by atoms with E-state index in [0.717, 1.165) is 37.6 Å². The molecule has 138 valence electrons. The molecule has 4 aromatic rings. The number of hydrazone groups is 1. The first-order valence-corrected chi connectivity index (χ1v) is 9.58. The highest BCUT2D eigenvalue weighted by molar-refractivity contribution is 9.10. The van der Waals surface area contributed by atoms with E-state index in [2.05, 4.69) is 36.7 Å². The molecule has 28 heavy (non-hydrogen) atoms. The van der Waals surface area contributed by atoms with Gasteiger partial charge in [-0.25, -0.2) is 5.43 Å². The number of aromatic amines is 1. The Morgan fingerprint density at radius 1 is 1.11 bits per heavy atom. The van der Waals surface area contributed by atoms with Crippen molar-refractivity contribution < 1.29 is 4.79 Å². The Labute approximate surface area is 170 Å². The third-order valence-electron chi connectivity index (χ3n) is 4.41. The number of hydrogen-bond acceptors (Lipinski definition) is 3. The SMILES string of the molecule is O=C(Cc1cccc2ccccc12)N/N=C/c1cn[nH]c1-c1cccc(Br)c1. The highest BCUT2D eigenvalue weighted by Crippen LogP contribution is 2.23. The van der Waals surface area contributed by atoms with Crippen molar-refractivity contribution in [1.29, 1.82) is 0 Å². The zero-order chi connectivity index (χ0) is 19.3. The van der Waals surface area contributed by atoms with Crippen molar-refractivity contribution in [3.8, 4) is 11.3 Å². The predicted molar refractivity (Wildman–Crippen MR) is 115 cm³/mol. The summed E-state index contributed by atoms with van der Waals surface area (Å²) in [5, 5.41) is 13.4. The van der Waals surface area contributed by atoms with Crippen LogP contribution in [0.2, 0.25) is 0 Å². The van der Waals surface area contributed by atoms with Crippen LogP contribution < -0.4 is 5.43 Å². The van der Waals surface area contributed by atoms with Crippen LogP contribution in [0.25, 0.3) is 22.0 Å². The maximum absolute atomic E-state index is 12.3. The predicted octanol–water partition coefficient (Wildman–Crippen LogP) is 4.69. The van der Waals surface area contributed by atoms with Gasteiger partial charge in [0, 0.05) is 15.6 Å². The molecule has 1 amide bonds. The van der Waals surface area contributed by atoms with E-state index >= 15 is 0 Å². The number of rotatable bonds is 5. The second kappa shape index (κ2) is 8.19. The zero-order valence-corrected chi connectivity index (χ0v) is 16.5. The summed E-state index contributed by atoms with van der Waals surface area (Å²) in [7, 11) is 0. The summed E-state index contributed by atoms with van der Waals surface area (Å²) in [6.07, 6.45) is 3.54. The number of amides is 1. The van der Waals surface area contributed by atoms with Crippen LogP contribution in [0.5, 0.6) is 0 Å². The molecule has 0 spiro atoms. The molecule has 0 aliphatic heterocycles. The summed E-state index contributed by atoms with van der Waals surface area (Å²) >= 11 is 3.47. The van der Waals surface area contributed by atoms with Crippen molar-refractivity contribution in [2.75, 3.05) is 0 Å². The van der Waals surface area contributed by atoms with E-state index in [-0.39, 0.29) is 12.3 Å². The molecular weight excluding hydrogens is 416 g/mol. The van der Waals surface area contributed by atoms with Crippen LogP contribution in [-0.4, -0.2) is 22.3 Å². The second-order valence-corrected chi connectivity index (χ2v) is 7.23. The van der Waals surface area contributed by atoms with E-state index in [9.17, 15) is 4.79 Å². The van der Waals surface area contributed by atoms with Crippen molar-refractivity contribution in [1.82, 2.24) is 15.6 Å². The van der Waals surface area contributed by atoms with Crippen molar-refractivity contribution in [2.45, 2.75) is 6.42 Å². The number of carbonyl (C=O) groups excluding carboxylic acids is 1. The second-order valence-electron chi connectivity index (χ2n) is 6.32. The fourth-order valence-corrected chi connectivity index (χ4v) is 3.50. The molecule has 0 saturated carbocycles. The minimum absolute atomic E-state index is 0.167. The van der Waals surface area contributed by atoms with Gasteiger partial charge in [0.2, 0.25) is 5.91 Å². The molecule has 4 rings (SSSR count). The molecule has 6 heteroatoms. The number of benzene rings is 3. The number of H-pyrrole nitrogens is 1. The zero-order valence-electron chi connectivity index (χ0n) is 14.9. The Morgan fingerprint density at radius 2 is 1.93 bits per heavy atom. The van der Waals surface area contributed by atoms with Gasteiger partial charge in [-0.1, -0.05) is 70.5 Å². The first kappa shape index (κ1) is 18.1. The van der Waals surface area contributed by atoms with Crippen LogP contribution in [0.1, 0.15) is 11.1 Å². The summed E-state index contributed by atoms with van der Waals surface area (Å²) in [4.78, 5) is 12.3. The van der Waals surface area contributed by atoms with Gasteiger partial charge in [0.05, 0.1) is 24.5 Å². The van der Waals surface area contributed by atoms with Gasteiger partial charge in [-0.3, -0.25) is 9.89 Å². The maximum Gasteiger partial charge on any atom is 0.244 e. The smallest absolute Gasteiger partial charge is 0.244 e. The molecule has 1 aromatic heterocycles. The monoisotopic (exact) mass is 432 g/mol. The van der Waals surface area contributed by atoms with Gasteiger partial charge < -0.3 is 0 Å². The van der Waals surface area contributed by atoms with E-state index in [4.69, 9.17) is 0 Å². The number of nitrogens with zero attached hydrogens (tertiary/aromatic N) is 2. The Bertz CT molecular complexity index is 1160. The topological polar surface area (TPSA) is 70.1 Å². The first-order valence-electron chi connectivity index (χ1n) is 8.78. The molecule has 1 heterocycles. The van der Waals surface area contributed by atoms with Crippen LogP contribution >= 0.6 is 15.9 Å². The summed E-state index contributed by atoms with van der Waals surface area (Å²) in [5.41, 5.74) is 6.20. The number of nitrogens with one attached hydrogen (secondary N) is 2. The summed E-state index contributed by atoms with van der Waals surface area (Å²) in [5.74, 6) is -0.167. The molecule has 0 radical (unpaired) electrons. The molecule has 0 saturated heterocycles. The van der Waals surface area contributed by atoms with E-state index in [1.165, 1.54) is 0 Å². The highest BCUT2D eigenvalue weighted by Gasteiger charge is 2.08. The summed E-state index contributed by atoms with van der Waals surface area (Å²) in [6, 6.07) is 21.9. The Balaban J connectivity index is 1.46. The van der Waals surface area contributed by atoms with Crippen LogP contribution in [0.4, 0.5) is 0 Å². The molecular formula is C22H17BrN4O. The van der Waals surface area contributed by atoms with Gasteiger partial charge in [0.1, 0.15) is 0 Å². The normalized spacial score (nSPS) is 11.2. The molecule has 0 aliphatic carbocycles. The number of aromatic nitrogens is 2. The van der Waals surface area contributed by atoms with Crippen LogP contribution in [0.3, 0.4) is 0 Å². The van der Waals surface area contributed by atoms with E-state index < -0.39 is 0 Å². The van der Waals surface area contributed by atoms with Gasteiger partial charge in [0.15, 0.2) is 0 Å². The van der Waals surface area contributed by atoms with Gasteiger partial charge in [0.25, 0.3) is 0 Å². The fourth-order valence-electron chi connectivity index (χ4n) is 3.10. The lowest BCUT2D eigenvalue weighted by Crippen LogP contribution is -2.19. The molecule has 3 aromatic carbocycles. The summed E-state index contributed by atoms with van der Waals surface area (Å²) < 4.78 is 0.978. The van der Waals surface area contributed by atoms with Gasteiger partial charge >= 0.3 is 0 Å². The third kappa shape index (κ3) is 4.02. The maximum atomic E-state index is 12.3. The van der Waals surface area contributed by atoms with Crippen LogP contribution in [0.15, 0.2) is 82.5 Å². The molecule has 0 atom stereocenters. The van der Waals surface area contributed by atoms with Crippen molar-refractivity contribution in [3.05, 3.63) is 88.5 Å². The molecule has 0 bridgehead atoms. The van der Waals surface area contributed by atoms with Crippen LogP contribution in [-0.2, 0) is 11.2 Å². The molecule has 0 aliphatic rings. The Morgan fingerprint density at radius 3 is 2.82 bits per heavy atom. The minimum atomic E-state index is -0.167. The fraction of sp³-hybridized carbons (Fsp3) is 0.0455. The minimum Gasteiger partial charge on any atom is -0.277 e. The summed E-state index contributed by atoms with van der Waals surface area (Å²) in [6.45, 7) is 0. The Hall–Kier alpha value is -3.25. The van der Waals surface area contributed by atoms with Crippen LogP contribution in [0, 0.1) is 0 Å².